The summed E-state index contributed by atoms with van der Waals surface area (Å²) in [5, 5.41) is 2.88. The van der Waals surface area contributed by atoms with E-state index in [0.29, 0.717) is 6.54 Å². The van der Waals surface area contributed by atoms with Crippen molar-refractivity contribution in [1.82, 2.24) is 10.2 Å². The smallest absolute Gasteiger partial charge is 0.235 e. The fraction of sp³-hybridized carbons (Fsp3) is 0.778. The van der Waals surface area contributed by atoms with Gasteiger partial charge in [0.05, 0.1) is 16.5 Å². The lowest BCUT2D eigenvalue weighted by atomic mass is 10.2. The number of hydrogen-bond donors (Lipinski definition) is 1. The number of rotatable bonds is 4. The van der Waals surface area contributed by atoms with E-state index in [1.807, 2.05) is 6.92 Å². The number of carbonyl (C=O) groups excluding carboxylic acids is 2. The number of ketones is 1. The SMILES string of the molecule is CN[C@@H](C)C(=O)CN1CCC(I)C1=O. The highest BCUT2D eigenvalue weighted by Crippen LogP contribution is 2.18. The van der Waals surface area contributed by atoms with Crippen molar-refractivity contribution in [1.29, 1.82) is 0 Å². The fourth-order valence-corrected chi connectivity index (χ4v) is 2.02. The lowest BCUT2D eigenvalue weighted by Gasteiger charge is -2.17. The maximum absolute atomic E-state index is 11.5. The average molecular weight is 310 g/mol. The predicted octanol–water partition coefficient (Wildman–Crippen LogP) is 0.199. The summed E-state index contributed by atoms with van der Waals surface area (Å²) in [7, 11) is 1.75. The summed E-state index contributed by atoms with van der Waals surface area (Å²) in [6, 6.07) is -0.170. The van der Waals surface area contributed by atoms with Gasteiger partial charge in [0, 0.05) is 6.54 Å². The standard InChI is InChI=1S/C9H15IN2O2/c1-6(11-2)8(13)5-12-4-3-7(10)9(12)14/h6-7,11H,3-5H2,1-2H3/t6-,7?/m0/s1. The summed E-state index contributed by atoms with van der Waals surface area (Å²) in [5.74, 6) is 0.175. The Morgan fingerprint density at radius 3 is 2.86 bits per heavy atom. The Kier molecular flexibility index (Phi) is 4.31. The van der Waals surface area contributed by atoms with Gasteiger partial charge in [0.2, 0.25) is 5.91 Å². The Hall–Kier alpha value is -0.170. The van der Waals surface area contributed by atoms with Gasteiger partial charge in [-0.15, -0.1) is 0 Å². The van der Waals surface area contributed by atoms with Crippen LogP contribution in [-0.4, -0.2) is 46.7 Å². The zero-order valence-electron chi connectivity index (χ0n) is 8.42. The van der Waals surface area contributed by atoms with E-state index in [1.54, 1.807) is 11.9 Å². The quantitative estimate of drug-likeness (QED) is 0.596. The molecule has 0 saturated carbocycles. The topological polar surface area (TPSA) is 49.4 Å². The van der Waals surface area contributed by atoms with Gasteiger partial charge in [-0.25, -0.2) is 0 Å². The molecule has 5 heteroatoms. The van der Waals surface area contributed by atoms with Gasteiger partial charge in [-0.2, -0.15) is 0 Å². The van der Waals surface area contributed by atoms with Crippen molar-refractivity contribution < 1.29 is 9.59 Å². The molecule has 1 aliphatic heterocycles. The molecule has 1 unspecified atom stereocenters. The summed E-state index contributed by atoms with van der Waals surface area (Å²) < 4.78 is 0.0605. The highest BCUT2D eigenvalue weighted by molar-refractivity contribution is 14.1. The van der Waals surface area contributed by atoms with Gasteiger partial charge < -0.3 is 10.2 Å². The third kappa shape index (κ3) is 2.66. The predicted molar refractivity (Wildman–Crippen MR) is 62.5 cm³/mol. The first-order valence-corrected chi connectivity index (χ1v) is 5.93. The Morgan fingerprint density at radius 1 is 1.79 bits per heavy atom. The molecule has 0 radical (unpaired) electrons. The summed E-state index contributed by atoms with van der Waals surface area (Å²) in [4.78, 5) is 24.7. The van der Waals surface area contributed by atoms with Gasteiger partial charge in [-0.3, -0.25) is 9.59 Å². The number of Topliss-reactive ketones (excluding diaryl/α,β-unsaturated/α-hetero) is 1. The second-order valence-corrected chi connectivity index (χ2v) is 5.00. The van der Waals surface area contributed by atoms with E-state index >= 15 is 0 Å². The minimum absolute atomic E-state index is 0.0605. The number of likely N-dealkylation sites (tertiary alicyclic amines) is 1. The minimum Gasteiger partial charge on any atom is -0.334 e. The highest BCUT2D eigenvalue weighted by Gasteiger charge is 2.30. The van der Waals surface area contributed by atoms with Crippen LogP contribution in [-0.2, 0) is 9.59 Å². The zero-order valence-corrected chi connectivity index (χ0v) is 10.6. The molecule has 1 N–H and O–H groups in total. The van der Waals surface area contributed by atoms with E-state index in [9.17, 15) is 9.59 Å². The van der Waals surface area contributed by atoms with Crippen molar-refractivity contribution in [2.24, 2.45) is 0 Å². The molecule has 0 aliphatic carbocycles. The number of nitrogens with zero attached hydrogens (tertiary/aromatic N) is 1. The molecule has 1 aliphatic rings. The number of likely N-dealkylation sites (N-methyl/N-ethyl adjacent to an activating group) is 1. The molecule has 1 saturated heterocycles. The Morgan fingerprint density at radius 2 is 2.43 bits per heavy atom. The van der Waals surface area contributed by atoms with Gasteiger partial charge in [-0.05, 0) is 20.4 Å². The third-order valence-electron chi connectivity index (χ3n) is 2.49. The molecule has 2 atom stereocenters. The van der Waals surface area contributed by atoms with Gasteiger partial charge in [-0.1, -0.05) is 22.6 Å². The average Bonchev–Trinajstić information content (AvgIpc) is 2.48. The second kappa shape index (κ2) is 5.06. The normalized spacial score (nSPS) is 24.1. The highest BCUT2D eigenvalue weighted by atomic mass is 127. The number of carbonyl (C=O) groups is 2. The molecule has 0 bridgehead atoms. The maximum atomic E-state index is 11.5. The minimum atomic E-state index is -0.170. The monoisotopic (exact) mass is 310 g/mol. The van der Waals surface area contributed by atoms with Crippen molar-refractivity contribution in [2.45, 2.75) is 23.3 Å². The maximum Gasteiger partial charge on any atom is 0.235 e. The number of halogens is 1. The third-order valence-corrected chi connectivity index (χ3v) is 3.65. The number of hydrogen-bond acceptors (Lipinski definition) is 3. The molecule has 0 aromatic carbocycles. The zero-order chi connectivity index (χ0) is 10.7. The molecule has 1 rings (SSSR count). The van der Waals surface area contributed by atoms with Crippen LogP contribution in [0.15, 0.2) is 0 Å². The Bertz CT molecular complexity index is 245. The molecule has 1 heterocycles. The second-order valence-electron chi connectivity index (χ2n) is 3.49. The van der Waals surface area contributed by atoms with Crippen molar-refractivity contribution in [3.8, 4) is 0 Å². The van der Waals surface area contributed by atoms with Crippen LogP contribution in [0.3, 0.4) is 0 Å². The molecule has 80 valence electrons. The summed E-state index contributed by atoms with van der Waals surface area (Å²) in [6.07, 6.45) is 0.862. The van der Waals surface area contributed by atoms with Crippen LogP contribution in [0, 0.1) is 0 Å². The summed E-state index contributed by atoms with van der Waals surface area (Å²) >= 11 is 2.13. The van der Waals surface area contributed by atoms with Crippen LogP contribution < -0.4 is 5.32 Å². The lowest BCUT2D eigenvalue weighted by molar-refractivity contribution is -0.132. The molecule has 0 spiro atoms. The van der Waals surface area contributed by atoms with Crippen LogP contribution in [0.25, 0.3) is 0 Å². The van der Waals surface area contributed by atoms with E-state index in [4.69, 9.17) is 0 Å². The van der Waals surface area contributed by atoms with Crippen molar-refractivity contribution in [3.05, 3.63) is 0 Å². The molecular weight excluding hydrogens is 295 g/mol. The largest absolute Gasteiger partial charge is 0.334 e. The Labute approximate surface area is 97.5 Å². The Balaban J connectivity index is 2.45. The molecule has 1 fully saturated rings. The lowest BCUT2D eigenvalue weighted by Crippen LogP contribution is -2.41. The van der Waals surface area contributed by atoms with Gasteiger partial charge >= 0.3 is 0 Å². The van der Waals surface area contributed by atoms with Crippen molar-refractivity contribution in [2.75, 3.05) is 20.1 Å². The van der Waals surface area contributed by atoms with Crippen LogP contribution in [0.2, 0.25) is 0 Å². The fourth-order valence-electron chi connectivity index (χ4n) is 1.34. The van der Waals surface area contributed by atoms with E-state index in [1.165, 1.54) is 0 Å². The van der Waals surface area contributed by atoms with E-state index in [2.05, 4.69) is 27.9 Å². The van der Waals surface area contributed by atoms with Gasteiger partial charge in [0.1, 0.15) is 0 Å². The molecule has 1 amide bonds. The molecule has 14 heavy (non-hydrogen) atoms. The summed E-state index contributed by atoms with van der Waals surface area (Å²) in [6.45, 7) is 2.78. The molecular formula is C9H15IN2O2. The van der Waals surface area contributed by atoms with E-state index < -0.39 is 0 Å². The van der Waals surface area contributed by atoms with Crippen LogP contribution in [0.5, 0.6) is 0 Å². The van der Waals surface area contributed by atoms with Crippen molar-refractivity contribution in [3.63, 3.8) is 0 Å². The number of nitrogens with one attached hydrogen (secondary N) is 1. The van der Waals surface area contributed by atoms with Crippen LogP contribution in [0.1, 0.15) is 13.3 Å². The molecule has 0 aromatic rings. The van der Waals surface area contributed by atoms with Gasteiger partial charge in [0.15, 0.2) is 5.78 Å². The first-order valence-electron chi connectivity index (χ1n) is 4.69. The molecule has 4 nitrogen and oxygen atoms in total. The van der Waals surface area contributed by atoms with Crippen LogP contribution >= 0.6 is 22.6 Å². The first kappa shape index (κ1) is 11.9. The van der Waals surface area contributed by atoms with E-state index in [0.717, 1.165) is 6.42 Å². The number of alkyl halides is 1. The van der Waals surface area contributed by atoms with Crippen molar-refractivity contribution >= 4 is 34.3 Å². The van der Waals surface area contributed by atoms with E-state index in [-0.39, 0.29) is 28.2 Å². The molecule has 0 aromatic heterocycles. The van der Waals surface area contributed by atoms with Gasteiger partial charge in [0.25, 0.3) is 0 Å². The summed E-state index contributed by atoms with van der Waals surface area (Å²) in [5.41, 5.74) is 0. The first-order chi connectivity index (χ1) is 6.56. The number of amides is 1. The van der Waals surface area contributed by atoms with Crippen LogP contribution in [0.4, 0.5) is 0 Å².